The van der Waals surface area contributed by atoms with Gasteiger partial charge in [-0.1, -0.05) is 91.0 Å². The maximum Gasteiger partial charge on any atom is 0.156 e. The monoisotopic (exact) mass is 486 g/mol. The van der Waals surface area contributed by atoms with E-state index < -0.39 is 0 Å². The van der Waals surface area contributed by atoms with Crippen LogP contribution < -0.4 is 0 Å². The maximum absolute atomic E-state index is 4.89. The standard InChI is InChI=1S/C34H22N4/c1-3-11-23(12-4-1)28-21-36-32(22-35-28)38-30-18-10-8-16-27(30)33-31(38)20-19-26-25-15-7-9-17-29(25)37(34(26)33)24-13-5-2-6-14-24/h1-22H. The van der Waals surface area contributed by atoms with Crippen molar-refractivity contribution in [3.05, 3.63) is 134 Å². The van der Waals surface area contributed by atoms with E-state index in [1.54, 1.807) is 0 Å². The average Bonchev–Trinajstić information content (AvgIpc) is 3.51. The predicted molar refractivity (Wildman–Crippen MR) is 156 cm³/mol. The number of benzene rings is 5. The fourth-order valence-corrected chi connectivity index (χ4v) is 5.80. The molecule has 5 aromatic carbocycles. The molecule has 3 aromatic heterocycles. The molecule has 8 aromatic rings. The first-order chi connectivity index (χ1) is 18.9. The zero-order chi connectivity index (χ0) is 25.1. The number of nitrogens with zero attached hydrogens (tertiary/aromatic N) is 4. The Balaban J connectivity index is 1.48. The van der Waals surface area contributed by atoms with Crippen molar-refractivity contribution in [3.8, 4) is 22.8 Å². The SMILES string of the molecule is c1ccc(-c2cnc(-n3c4ccccc4c4c3ccc3c5ccccc5n(-c5ccccc5)c34)cn2)cc1. The molecular weight excluding hydrogens is 464 g/mol. The molecule has 4 heteroatoms. The molecule has 4 nitrogen and oxygen atoms in total. The van der Waals surface area contributed by atoms with E-state index in [0.29, 0.717) is 0 Å². The summed E-state index contributed by atoms with van der Waals surface area (Å²) in [6.45, 7) is 0. The molecule has 8 rings (SSSR count). The Morgan fingerprint density at radius 1 is 0.447 bits per heavy atom. The van der Waals surface area contributed by atoms with Gasteiger partial charge < -0.3 is 4.57 Å². The third kappa shape index (κ3) is 2.98. The van der Waals surface area contributed by atoms with Crippen LogP contribution in [-0.4, -0.2) is 19.1 Å². The summed E-state index contributed by atoms with van der Waals surface area (Å²) in [4.78, 5) is 9.69. The van der Waals surface area contributed by atoms with Gasteiger partial charge in [-0.25, -0.2) is 4.98 Å². The van der Waals surface area contributed by atoms with Crippen LogP contribution in [0.15, 0.2) is 134 Å². The normalized spacial score (nSPS) is 11.7. The first-order valence-electron chi connectivity index (χ1n) is 12.8. The Labute approximate surface area is 219 Å². The molecule has 0 aliphatic carbocycles. The van der Waals surface area contributed by atoms with E-state index >= 15 is 0 Å². The minimum atomic E-state index is 0.803. The van der Waals surface area contributed by atoms with E-state index in [9.17, 15) is 0 Å². The van der Waals surface area contributed by atoms with E-state index in [0.717, 1.165) is 33.8 Å². The third-order valence-electron chi connectivity index (χ3n) is 7.42. The molecule has 0 saturated carbocycles. The summed E-state index contributed by atoms with van der Waals surface area (Å²) in [6, 6.07) is 42.5. The molecule has 38 heavy (non-hydrogen) atoms. The first kappa shape index (κ1) is 20.9. The van der Waals surface area contributed by atoms with Crippen LogP contribution in [-0.2, 0) is 0 Å². The van der Waals surface area contributed by atoms with Gasteiger partial charge in [0.05, 0.1) is 40.2 Å². The molecule has 0 aliphatic heterocycles. The largest absolute Gasteiger partial charge is 0.309 e. The lowest BCUT2D eigenvalue weighted by Gasteiger charge is -2.09. The minimum absolute atomic E-state index is 0.803. The average molecular weight is 487 g/mol. The Hall–Kier alpha value is -5.22. The van der Waals surface area contributed by atoms with Crippen LogP contribution in [0.25, 0.3) is 66.4 Å². The molecule has 0 atom stereocenters. The number of fused-ring (bicyclic) bond motifs is 7. The van der Waals surface area contributed by atoms with Gasteiger partial charge in [0, 0.05) is 32.8 Å². The van der Waals surface area contributed by atoms with Crippen molar-refractivity contribution in [3.63, 3.8) is 0 Å². The molecule has 0 radical (unpaired) electrons. The third-order valence-corrected chi connectivity index (χ3v) is 7.42. The van der Waals surface area contributed by atoms with Crippen LogP contribution in [0.3, 0.4) is 0 Å². The maximum atomic E-state index is 4.89. The molecule has 0 N–H and O–H groups in total. The van der Waals surface area contributed by atoms with Gasteiger partial charge in [-0.2, -0.15) is 0 Å². The highest BCUT2D eigenvalue weighted by molar-refractivity contribution is 6.26. The summed E-state index contributed by atoms with van der Waals surface area (Å²) in [5.41, 5.74) is 7.70. The van der Waals surface area contributed by atoms with Crippen molar-refractivity contribution >= 4 is 43.6 Å². The zero-order valence-electron chi connectivity index (χ0n) is 20.5. The molecular formula is C34H22N4. The second kappa shape index (κ2) is 8.15. The summed E-state index contributed by atoms with van der Waals surface area (Å²) >= 11 is 0. The molecule has 0 bridgehead atoms. The van der Waals surface area contributed by atoms with Crippen LogP contribution in [0.1, 0.15) is 0 Å². The highest BCUT2D eigenvalue weighted by atomic mass is 15.1. The Morgan fingerprint density at radius 3 is 1.84 bits per heavy atom. The van der Waals surface area contributed by atoms with E-state index in [-0.39, 0.29) is 0 Å². The van der Waals surface area contributed by atoms with Crippen LogP contribution in [0.4, 0.5) is 0 Å². The quantitative estimate of drug-likeness (QED) is 0.252. The fourth-order valence-electron chi connectivity index (χ4n) is 5.80. The molecule has 0 saturated heterocycles. The van der Waals surface area contributed by atoms with Crippen molar-refractivity contribution in [1.82, 2.24) is 19.1 Å². The molecule has 0 unspecified atom stereocenters. The Bertz CT molecular complexity index is 2100. The van der Waals surface area contributed by atoms with Crippen molar-refractivity contribution in [1.29, 1.82) is 0 Å². The van der Waals surface area contributed by atoms with Crippen molar-refractivity contribution < 1.29 is 0 Å². The van der Waals surface area contributed by atoms with E-state index in [4.69, 9.17) is 9.97 Å². The van der Waals surface area contributed by atoms with Crippen molar-refractivity contribution in [2.75, 3.05) is 0 Å². The second-order valence-electron chi connectivity index (χ2n) is 9.52. The zero-order valence-corrected chi connectivity index (χ0v) is 20.5. The Kier molecular flexibility index (Phi) is 4.49. The lowest BCUT2D eigenvalue weighted by atomic mass is 10.1. The van der Waals surface area contributed by atoms with Crippen LogP contribution in [0, 0.1) is 0 Å². The van der Waals surface area contributed by atoms with Crippen molar-refractivity contribution in [2.24, 2.45) is 0 Å². The molecule has 178 valence electrons. The van der Waals surface area contributed by atoms with Gasteiger partial charge in [0.2, 0.25) is 0 Å². The van der Waals surface area contributed by atoms with Crippen LogP contribution in [0.5, 0.6) is 0 Å². The predicted octanol–water partition coefficient (Wildman–Crippen LogP) is 8.34. The number of aromatic nitrogens is 4. The fraction of sp³-hybridized carbons (Fsp3) is 0. The van der Waals surface area contributed by atoms with Gasteiger partial charge in [0.1, 0.15) is 0 Å². The summed E-state index contributed by atoms with van der Waals surface area (Å²) in [5.74, 6) is 0.803. The highest BCUT2D eigenvalue weighted by Crippen LogP contribution is 2.41. The minimum Gasteiger partial charge on any atom is -0.309 e. The number of rotatable bonds is 3. The lowest BCUT2D eigenvalue weighted by molar-refractivity contribution is 1.04. The van der Waals surface area contributed by atoms with Crippen LogP contribution >= 0.6 is 0 Å². The van der Waals surface area contributed by atoms with E-state index in [1.165, 1.54) is 32.6 Å². The highest BCUT2D eigenvalue weighted by Gasteiger charge is 2.20. The summed E-state index contributed by atoms with van der Waals surface area (Å²) in [5, 5.41) is 4.90. The summed E-state index contributed by atoms with van der Waals surface area (Å²) in [7, 11) is 0. The lowest BCUT2D eigenvalue weighted by Crippen LogP contribution is -1.99. The number of hydrogen-bond donors (Lipinski definition) is 0. The number of para-hydroxylation sites is 3. The Morgan fingerprint density at radius 2 is 1.11 bits per heavy atom. The van der Waals surface area contributed by atoms with Gasteiger partial charge in [-0.15, -0.1) is 0 Å². The molecule has 0 fully saturated rings. The van der Waals surface area contributed by atoms with Gasteiger partial charge >= 0.3 is 0 Å². The van der Waals surface area contributed by atoms with E-state index in [1.807, 2.05) is 30.6 Å². The smallest absolute Gasteiger partial charge is 0.156 e. The van der Waals surface area contributed by atoms with E-state index in [2.05, 4.69) is 112 Å². The molecule has 3 heterocycles. The van der Waals surface area contributed by atoms with Gasteiger partial charge in [0.15, 0.2) is 5.82 Å². The molecule has 0 amide bonds. The van der Waals surface area contributed by atoms with Crippen molar-refractivity contribution in [2.45, 2.75) is 0 Å². The first-order valence-corrected chi connectivity index (χ1v) is 12.8. The number of hydrogen-bond acceptors (Lipinski definition) is 2. The topological polar surface area (TPSA) is 35.6 Å². The summed E-state index contributed by atoms with van der Waals surface area (Å²) in [6.07, 6.45) is 3.75. The van der Waals surface area contributed by atoms with Gasteiger partial charge in [-0.05, 0) is 30.3 Å². The molecule has 0 spiro atoms. The van der Waals surface area contributed by atoms with Gasteiger partial charge in [0.25, 0.3) is 0 Å². The van der Waals surface area contributed by atoms with Gasteiger partial charge in [-0.3, -0.25) is 9.55 Å². The second-order valence-corrected chi connectivity index (χ2v) is 9.52. The summed E-state index contributed by atoms with van der Waals surface area (Å²) < 4.78 is 4.63. The van der Waals surface area contributed by atoms with Crippen LogP contribution in [0.2, 0.25) is 0 Å². The molecule has 0 aliphatic rings.